The third kappa shape index (κ3) is 3.46. The van der Waals surface area contributed by atoms with Crippen LogP contribution in [0.5, 0.6) is 5.75 Å². The number of phenolic OH excluding ortho intramolecular Hbond substituents is 1. The summed E-state index contributed by atoms with van der Waals surface area (Å²) in [4.78, 5) is 27.7. The third-order valence-electron chi connectivity index (χ3n) is 3.16. The van der Waals surface area contributed by atoms with Crippen LogP contribution < -0.4 is 11.2 Å². The highest BCUT2D eigenvalue weighted by Gasteiger charge is 2.25. The number of Topliss-reactive ketones (excluding diaryl/α,β-unsaturated/α-hetero) is 1. The Labute approximate surface area is 126 Å². The molecule has 2 rings (SSSR count). The number of phenols is 1. The first kappa shape index (κ1) is 15.6. The number of ketones is 1. The number of nitrogens with two attached hydrogens (primary N) is 1. The molecule has 0 aliphatic heterocycles. The zero-order valence-electron chi connectivity index (χ0n) is 11.6. The normalized spacial score (nSPS) is 11.9. The Morgan fingerprint density at radius 1 is 1.23 bits per heavy atom. The molecule has 0 bridgehead atoms. The molecule has 0 saturated carbocycles. The van der Waals surface area contributed by atoms with E-state index in [0.29, 0.717) is 5.56 Å². The second kappa shape index (κ2) is 6.79. The summed E-state index contributed by atoms with van der Waals surface area (Å²) in [6, 6.07) is 8.11. The van der Waals surface area contributed by atoms with Crippen molar-refractivity contribution in [2.45, 2.75) is 12.5 Å². The number of nitrogens with one attached hydrogen (secondary N) is 1. The number of primary amides is 1. The second-order valence-corrected chi connectivity index (χ2v) is 4.68. The molecule has 0 saturated heterocycles. The third-order valence-corrected chi connectivity index (χ3v) is 3.16. The monoisotopic (exact) mass is 301 g/mol. The topological polar surface area (TPSA) is 126 Å². The largest absolute Gasteiger partial charge is 0.508 e. The van der Waals surface area contributed by atoms with Gasteiger partial charge >= 0.3 is 0 Å². The number of rotatable bonds is 6. The van der Waals surface area contributed by atoms with Gasteiger partial charge in [-0.1, -0.05) is 12.1 Å². The molecule has 0 fully saturated rings. The summed E-state index contributed by atoms with van der Waals surface area (Å²) < 4.78 is 0. The van der Waals surface area contributed by atoms with Gasteiger partial charge in [0, 0.05) is 6.20 Å². The predicted octanol–water partition coefficient (Wildman–Crippen LogP) is 0.659. The molecule has 7 nitrogen and oxygen atoms in total. The number of benzene rings is 1. The number of aromatic nitrogens is 1. The number of amides is 1. The first-order chi connectivity index (χ1) is 10.5. The van der Waals surface area contributed by atoms with Crippen LogP contribution >= 0.6 is 0 Å². The van der Waals surface area contributed by atoms with E-state index in [-0.39, 0.29) is 23.4 Å². The number of hydrogen-bond acceptors (Lipinski definition) is 6. The molecular weight excluding hydrogens is 286 g/mol. The van der Waals surface area contributed by atoms with Gasteiger partial charge in [-0.25, -0.2) is 0 Å². The van der Waals surface area contributed by atoms with Gasteiger partial charge in [0.15, 0.2) is 0 Å². The number of pyridine rings is 1. The Morgan fingerprint density at radius 3 is 2.50 bits per heavy atom. The molecule has 0 spiro atoms. The van der Waals surface area contributed by atoms with Gasteiger partial charge in [-0.05, 0) is 36.2 Å². The molecule has 1 atom stereocenters. The quantitative estimate of drug-likeness (QED) is 0.459. The van der Waals surface area contributed by atoms with E-state index in [1.165, 1.54) is 30.5 Å². The van der Waals surface area contributed by atoms with Crippen LogP contribution in [-0.2, 0) is 6.42 Å². The van der Waals surface area contributed by atoms with E-state index in [2.05, 4.69) is 4.98 Å². The fourth-order valence-electron chi connectivity index (χ4n) is 2.03. The fourth-order valence-corrected chi connectivity index (χ4v) is 2.03. The summed E-state index contributed by atoms with van der Waals surface area (Å²) in [5.41, 5.74) is 7.77. The van der Waals surface area contributed by atoms with E-state index in [9.17, 15) is 19.9 Å². The van der Waals surface area contributed by atoms with Crippen molar-refractivity contribution in [3.05, 3.63) is 59.4 Å². The molecule has 0 aliphatic carbocycles. The minimum Gasteiger partial charge on any atom is -0.508 e. The fraction of sp³-hybridized carbons (Fsp3) is 0.133. The highest BCUT2D eigenvalue weighted by atomic mass is 16.5. The number of aromatic hydroxyl groups is 1. The number of carbonyl (C=O) groups excluding carboxylic acids is 2. The van der Waals surface area contributed by atoms with Gasteiger partial charge in [0.25, 0.3) is 5.91 Å². The Balaban J connectivity index is 2.26. The molecule has 22 heavy (non-hydrogen) atoms. The molecule has 0 radical (unpaired) electrons. The average molecular weight is 301 g/mol. The molecule has 2 aromatic rings. The van der Waals surface area contributed by atoms with Gasteiger partial charge in [0.1, 0.15) is 17.5 Å². The summed E-state index contributed by atoms with van der Waals surface area (Å²) >= 11 is 0. The molecule has 1 aromatic heterocycles. The lowest BCUT2D eigenvalue weighted by Crippen LogP contribution is -2.38. The first-order valence-electron chi connectivity index (χ1n) is 6.49. The smallest absolute Gasteiger partial charge is 0.251 e. The Kier molecular flexibility index (Phi) is 4.82. The highest BCUT2D eigenvalue weighted by molar-refractivity contribution is 6.08. The van der Waals surface area contributed by atoms with Gasteiger partial charge < -0.3 is 16.0 Å². The summed E-state index contributed by atoms with van der Waals surface area (Å²) in [5, 5.41) is 18.5. The lowest BCUT2D eigenvalue weighted by Gasteiger charge is -2.15. The van der Waals surface area contributed by atoms with Crippen LogP contribution in [0.15, 0.2) is 42.6 Å². The van der Waals surface area contributed by atoms with Crippen molar-refractivity contribution in [2.24, 2.45) is 5.73 Å². The van der Waals surface area contributed by atoms with E-state index in [1.54, 1.807) is 12.1 Å². The minimum atomic E-state index is -0.988. The molecule has 114 valence electrons. The Bertz CT molecular complexity index is 685. The Hall–Kier alpha value is -2.77. The van der Waals surface area contributed by atoms with Crippen molar-refractivity contribution in [1.29, 1.82) is 0 Å². The van der Waals surface area contributed by atoms with Crippen molar-refractivity contribution in [3.8, 4) is 5.75 Å². The van der Waals surface area contributed by atoms with E-state index in [0.717, 1.165) is 0 Å². The Morgan fingerprint density at radius 2 is 1.91 bits per heavy atom. The molecule has 7 heteroatoms. The van der Waals surface area contributed by atoms with E-state index in [4.69, 9.17) is 5.73 Å². The number of carbonyl (C=O) groups is 2. The maximum atomic E-state index is 12.4. The first-order valence-corrected chi connectivity index (χ1v) is 6.49. The number of hydroxylamine groups is 1. The van der Waals surface area contributed by atoms with Crippen LogP contribution in [0.4, 0.5) is 0 Å². The molecule has 1 heterocycles. The predicted molar refractivity (Wildman–Crippen MR) is 77.6 cm³/mol. The van der Waals surface area contributed by atoms with Crippen LogP contribution in [-0.4, -0.2) is 33.0 Å². The molecular formula is C15H15N3O4. The number of nitrogens with zero attached hydrogens (tertiary/aromatic N) is 1. The van der Waals surface area contributed by atoms with Crippen molar-refractivity contribution in [3.63, 3.8) is 0 Å². The van der Waals surface area contributed by atoms with Crippen molar-refractivity contribution in [1.82, 2.24) is 10.5 Å². The zero-order valence-corrected chi connectivity index (χ0v) is 11.6. The second-order valence-electron chi connectivity index (χ2n) is 4.68. The molecule has 0 aliphatic rings. The molecule has 1 unspecified atom stereocenters. The van der Waals surface area contributed by atoms with Crippen LogP contribution in [0, 0.1) is 0 Å². The maximum Gasteiger partial charge on any atom is 0.251 e. The van der Waals surface area contributed by atoms with Gasteiger partial charge in [-0.2, -0.15) is 5.48 Å². The van der Waals surface area contributed by atoms with Crippen molar-refractivity contribution >= 4 is 11.7 Å². The van der Waals surface area contributed by atoms with Crippen LogP contribution in [0.2, 0.25) is 0 Å². The van der Waals surface area contributed by atoms with E-state index < -0.39 is 17.7 Å². The van der Waals surface area contributed by atoms with Crippen LogP contribution in [0.1, 0.15) is 26.4 Å². The summed E-state index contributed by atoms with van der Waals surface area (Å²) in [5.74, 6) is -1.22. The maximum absolute atomic E-state index is 12.4. The van der Waals surface area contributed by atoms with Gasteiger partial charge in [0.2, 0.25) is 5.78 Å². The minimum absolute atomic E-state index is 0.00143. The average Bonchev–Trinajstić information content (AvgIpc) is 2.53. The van der Waals surface area contributed by atoms with Gasteiger partial charge in [-0.3, -0.25) is 14.6 Å². The standard InChI is InChI=1S/C15H15N3O4/c16-15(21)11-2-1-7-17-13(11)14(20)12(18-22)8-9-3-5-10(19)6-4-9/h1-7,12,18-19,22H,8H2,(H2,16,21). The summed E-state index contributed by atoms with van der Waals surface area (Å²) in [6.45, 7) is 0. The lowest BCUT2D eigenvalue weighted by atomic mass is 9.98. The van der Waals surface area contributed by atoms with E-state index >= 15 is 0 Å². The highest BCUT2D eigenvalue weighted by Crippen LogP contribution is 2.14. The van der Waals surface area contributed by atoms with E-state index in [1.807, 2.05) is 5.48 Å². The van der Waals surface area contributed by atoms with Crippen molar-refractivity contribution < 1.29 is 19.9 Å². The SMILES string of the molecule is NC(=O)c1cccnc1C(=O)C(Cc1ccc(O)cc1)NO. The summed E-state index contributed by atoms with van der Waals surface area (Å²) in [6.07, 6.45) is 1.53. The molecule has 1 aromatic carbocycles. The summed E-state index contributed by atoms with van der Waals surface area (Å²) in [7, 11) is 0. The number of hydrogen-bond donors (Lipinski definition) is 4. The van der Waals surface area contributed by atoms with Crippen LogP contribution in [0.3, 0.4) is 0 Å². The van der Waals surface area contributed by atoms with Gasteiger partial charge in [-0.15, -0.1) is 0 Å². The van der Waals surface area contributed by atoms with Crippen LogP contribution in [0.25, 0.3) is 0 Å². The van der Waals surface area contributed by atoms with Crippen molar-refractivity contribution in [2.75, 3.05) is 0 Å². The van der Waals surface area contributed by atoms with Gasteiger partial charge in [0.05, 0.1) is 5.56 Å². The molecule has 1 amide bonds. The molecule has 5 N–H and O–H groups in total. The zero-order chi connectivity index (χ0) is 16.1. The lowest BCUT2D eigenvalue weighted by molar-refractivity contribution is 0.0754.